The molecule has 0 spiro atoms. The van der Waals surface area contributed by atoms with Gasteiger partial charge in [-0.25, -0.2) is 0 Å². The van der Waals surface area contributed by atoms with Gasteiger partial charge in [0.1, 0.15) is 0 Å². The summed E-state index contributed by atoms with van der Waals surface area (Å²) in [5.74, 6) is 1.37. The molecule has 0 aromatic carbocycles. The average Bonchev–Trinajstić information content (AvgIpc) is 2.38. The maximum absolute atomic E-state index is 5.53. The van der Waals surface area contributed by atoms with Crippen LogP contribution < -0.4 is 15.0 Å². The van der Waals surface area contributed by atoms with Gasteiger partial charge in [-0.2, -0.15) is 4.98 Å². The molecule has 1 N–H and O–H groups in total. The van der Waals surface area contributed by atoms with Crippen molar-refractivity contribution in [1.29, 1.82) is 0 Å². The van der Waals surface area contributed by atoms with Crippen molar-refractivity contribution < 1.29 is 9.47 Å². The number of likely N-dealkylation sites (N-methyl/N-ethyl adjacent to an activating group) is 1. The van der Waals surface area contributed by atoms with Crippen LogP contribution in [0.25, 0.3) is 0 Å². The summed E-state index contributed by atoms with van der Waals surface area (Å²) in [5, 5.41) is 3.29. The summed E-state index contributed by atoms with van der Waals surface area (Å²) >= 11 is 0. The van der Waals surface area contributed by atoms with E-state index in [0.717, 1.165) is 32.1 Å². The molecule has 0 amide bonds. The molecule has 0 radical (unpaired) electrons. The van der Waals surface area contributed by atoms with Crippen LogP contribution in [0.2, 0.25) is 0 Å². The van der Waals surface area contributed by atoms with Crippen LogP contribution in [0.1, 0.15) is 13.8 Å². The molecule has 1 rings (SSSR count). The second kappa shape index (κ2) is 8.66. The lowest BCUT2D eigenvalue weighted by Crippen LogP contribution is -2.31. The van der Waals surface area contributed by atoms with Crippen LogP contribution in [0.5, 0.6) is 5.88 Å². The van der Waals surface area contributed by atoms with E-state index >= 15 is 0 Å². The molecule has 1 aromatic rings. The van der Waals surface area contributed by atoms with Gasteiger partial charge in [0.25, 0.3) is 0 Å². The molecule has 1 heterocycles. The number of methoxy groups -OCH3 is 1. The highest BCUT2D eigenvalue weighted by molar-refractivity contribution is 5.36. The molecule has 0 saturated heterocycles. The van der Waals surface area contributed by atoms with E-state index in [9.17, 15) is 0 Å². The first-order valence-corrected chi connectivity index (χ1v) is 6.53. The van der Waals surface area contributed by atoms with E-state index in [0.29, 0.717) is 5.88 Å². The highest BCUT2D eigenvalue weighted by atomic mass is 16.5. The third-order valence-electron chi connectivity index (χ3n) is 2.45. The van der Waals surface area contributed by atoms with Crippen LogP contribution in [-0.4, -0.2) is 56.5 Å². The second-order valence-corrected chi connectivity index (χ2v) is 4.55. The van der Waals surface area contributed by atoms with Gasteiger partial charge in [0.15, 0.2) is 5.82 Å². The molecule has 0 aliphatic heterocycles. The number of hydrogen-bond donors (Lipinski definition) is 1. The zero-order valence-corrected chi connectivity index (χ0v) is 12.2. The molecule has 0 saturated carbocycles. The van der Waals surface area contributed by atoms with Crippen molar-refractivity contribution >= 4 is 5.82 Å². The van der Waals surface area contributed by atoms with Crippen LogP contribution in [0.3, 0.4) is 0 Å². The van der Waals surface area contributed by atoms with Crippen LogP contribution in [-0.2, 0) is 4.74 Å². The Balaban J connectivity index is 2.40. The Morgan fingerprint density at radius 2 is 2.11 bits per heavy atom. The summed E-state index contributed by atoms with van der Waals surface area (Å²) in [6, 6.07) is 0. The smallest absolute Gasteiger partial charge is 0.234 e. The molecule has 108 valence electrons. The molecular formula is C13H24N4O2. The highest BCUT2D eigenvalue weighted by Gasteiger charge is 2.06. The van der Waals surface area contributed by atoms with Crippen molar-refractivity contribution in [3.63, 3.8) is 0 Å². The van der Waals surface area contributed by atoms with E-state index in [-0.39, 0.29) is 6.10 Å². The third-order valence-corrected chi connectivity index (χ3v) is 2.45. The Morgan fingerprint density at radius 3 is 2.79 bits per heavy atom. The zero-order chi connectivity index (χ0) is 14.1. The quantitative estimate of drug-likeness (QED) is 0.673. The van der Waals surface area contributed by atoms with Crippen molar-refractivity contribution in [3.05, 3.63) is 12.4 Å². The topological polar surface area (TPSA) is 59.5 Å². The molecule has 0 fully saturated rings. The Hall–Kier alpha value is -1.40. The van der Waals surface area contributed by atoms with Gasteiger partial charge in [-0.05, 0) is 13.8 Å². The Labute approximate surface area is 115 Å². The van der Waals surface area contributed by atoms with Gasteiger partial charge < -0.3 is 19.7 Å². The maximum atomic E-state index is 5.53. The Morgan fingerprint density at radius 1 is 1.32 bits per heavy atom. The molecular weight excluding hydrogens is 244 g/mol. The minimum atomic E-state index is 0.102. The van der Waals surface area contributed by atoms with Gasteiger partial charge in [-0.15, -0.1) is 0 Å². The minimum Gasteiger partial charge on any atom is -0.474 e. The van der Waals surface area contributed by atoms with Gasteiger partial charge in [0, 0.05) is 33.8 Å². The van der Waals surface area contributed by atoms with Crippen molar-refractivity contribution in [2.75, 3.05) is 45.3 Å². The molecule has 0 bridgehead atoms. The Bertz CT molecular complexity index is 360. The van der Waals surface area contributed by atoms with Crippen molar-refractivity contribution in [2.45, 2.75) is 20.0 Å². The number of nitrogens with one attached hydrogen (secondary N) is 1. The van der Waals surface area contributed by atoms with Gasteiger partial charge >= 0.3 is 0 Å². The SMILES string of the molecule is COCCNCCN(C)c1cncc(OC(C)C)n1. The molecule has 0 atom stereocenters. The number of anilines is 1. The monoisotopic (exact) mass is 268 g/mol. The average molecular weight is 268 g/mol. The number of nitrogens with zero attached hydrogens (tertiary/aromatic N) is 3. The number of rotatable bonds is 9. The molecule has 1 aromatic heterocycles. The highest BCUT2D eigenvalue weighted by Crippen LogP contribution is 2.13. The van der Waals surface area contributed by atoms with Crippen LogP contribution in [0, 0.1) is 0 Å². The van der Waals surface area contributed by atoms with Crippen LogP contribution in [0.15, 0.2) is 12.4 Å². The molecule has 0 aliphatic rings. The lowest BCUT2D eigenvalue weighted by atomic mass is 10.5. The van der Waals surface area contributed by atoms with Gasteiger partial charge in [0.05, 0.1) is 25.1 Å². The lowest BCUT2D eigenvalue weighted by Gasteiger charge is -2.19. The second-order valence-electron chi connectivity index (χ2n) is 4.55. The van der Waals surface area contributed by atoms with E-state index < -0.39 is 0 Å². The zero-order valence-electron chi connectivity index (χ0n) is 12.2. The number of ether oxygens (including phenoxy) is 2. The van der Waals surface area contributed by atoms with Gasteiger partial charge in [0.2, 0.25) is 5.88 Å². The fraction of sp³-hybridized carbons (Fsp3) is 0.692. The first-order valence-electron chi connectivity index (χ1n) is 6.53. The summed E-state index contributed by atoms with van der Waals surface area (Å²) in [5.41, 5.74) is 0. The van der Waals surface area contributed by atoms with Crippen LogP contribution >= 0.6 is 0 Å². The summed E-state index contributed by atoms with van der Waals surface area (Å²) in [6.45, 7) is 7.24. The van der Waals surface area contributed by atoms with E-state index in [1.165, 1.54) is 0 Å². The van der Waals surface area contributed by atoms with E-state index in [1.54, 1.807) is 19.5 Å². The third kappa shape index (κ3) is 6.35. The van der Waals surface area contributed by atoms with Crippen LogP contribution in [0.4, 0.5) is 5.82 Å². The Kier molecular flexibility index (Phi) is 7.14. The van der Waals surface area contributed by atoms with Crippen molar-refractivity contribution in [1.82, 2.24) is 15.3 Å². The summed E-state index contributed by atoms with van der Waals surface area (Å²) in [6.07, 6.45) is 3.47. The predicted molar refractivity (Wildman–Crippen MR) is 75.8 cm³/mol. The van der Waals surface area contributed by atoms with E-state index in [1.807, 2.05) is 25.8 Å². The van der Waals surface area contributed by atoms with E-state index in [2.05, 4.69) is 15.3 Å². The van der Waals surface area contributed by atoms with Crippen molar-refractivity contribution in [3.8, 4) is 5.88 Å². The lowest BCUT2D eigenvalue weighted by molar-refractivity contribution is 0.200. The predicted octanol–water partition coefficient (Wildman–Crippen LogP) is 0.936. The molecule has 19 heavy (non-hydrogen) atoms. The maximum Gasteiger partial charge on any atom is 0.234 e. The fourth-order valence-corrected chi connectivity index (χ4v) is 1.48. The van der Waals surface area contributed by atoms with Gasteiger partial charge in [-0.3, -0.25) is 4.98 Å². The van der Waals surface area contributed by atoms with Gasteiger partial charge in [-0.1, -0.05) is 0 Å². The molecule has 0 aliphatic carbocycles. The molecule has 0 unspecified atom stereocenters. The largest absolute Gasteiger partial charge is 0.474 e. The standard InChI is InChI=1S/C13H24N4O2/c1-11(2)19-13-10-15-9-12(16-13)17(3)7-5-14-6-8-18-4/h9-11,14H,5-8H2,1-4H3. The van der Waals surface area contributed by atoms with E-state index in [4.69, 9.17) is 9.47 Å². The summed E-state index contributed by atoms with van der Waals surface area (Å²) < 4.78 is 10.5. The first kappa shape index (κ1) is 15.7. The number of aromatic nitrogens is 2. The summed E-state index contributed by atoms with van der Waals surface area (Å²) in [4.78, 5) is 10.6. The fourth-order valence-electron chi connectivity index (χ4n) is 1.48. The summed E-state index contributed by atoms with van der Waals surface area (Å²) in [7, 11) is 3.69. The normalized spacial score (nSPS) is 10.8. The van der Waals surface area contributed by atoms with Crippen molar-refractivity contribution in [2.24, 2.45) is 0 Å². The molecule has 6 heteroatoms. The number of hydrogen-bond acceptors (Lipinski definition) is 6. The first-order chi connectivity index (χ1) is 9.13. The molecule has 6 nitrogen and oxygen atoms in total. The minimum absolute atomic E-state index is 0.102.